The van der Waals surface area contributed by atoms with Crippen LogP contribution in [0.15, 0.2) is 24.3 Å². The number of para-hydroxylation sites is 2. The number of aliphatic carboxylic acids is 1. The smallest absolute Gasteiger partial charge is 0.338 e. The zero-order valence-electron chi connectivity index (χ0n) is 14.0. The average molecular weight is 337 g/mol. The highest BCUT2D eigenvalue weighted by atomic mass is 16.6. The number of nitrogens with two attached hydrogens (primary N) is 2. The molecule has 132 valence electrons. The van der Waals surface area contributed by atoms with E-state index >= 15 is 0 Å². The maximum absolute atomic E-state index is 12.1. The summed E-state index contributed by atoms with van der Waals surface area (Å²) in [7, 11) is 0. The minimum atomic E-state index is -2.30. The van der Waals surface area contributed by atoms with Crippen LogP contribution in [-0.2, 0) is 19.1 Å². The lowest BCUT2D eigenvalue weighted by atomic mass is 9.94. The van der Waals surface area contributed by atoms with Gasteiger partial charge in [-0.25, -0.2) is 9.59 Å². The molecular formula is C16H23N3O5. The number of carboxylic acid groups (broad SMARTS) is 1. The summed E-state index contributed by atoms with van der Waals surface area (Å²) in [5.41, 5.74) is 8.97. The summed E-state index contributed by atoms with van der Waals surface area (Å²) in [6.45, 7) is 4.79. The number of benzene rings is 1. The fourth-order valence-electron chi connectivity index (χ4n) is 1.80. The quantitative estimate of drug-likeness (QED) is 0.345. The predicted molar refractivity (Wildman–Crippen MR) is 89.1 cm³/mol. The van der Waals surface area contributed by atoms with Crippen molar-refractivity contribution < 1.29 is 24.2 Å². The molecule has 1 unspecified atom stereocenters. The summed E-state index contributed by atoms with van der Waals surface area (Å²) in [4.78, 5) is 35.4. The van der Waals surface area contributed by atoms with Gasteiger partial charge in [-0.15, -0.1) is 0 Å². The summed E-state index contributed by atoms with van der Waals surface area (Å²) in [6.07, 6.45) is -0.688. The van der Waals surface area contributed by atoms with Crippen molar-refractivity contribution >= 4 is 29.2 Å². The van der Waals surface area contributed by atoms with Gasteiger partial charge in [-0.3, -0.25) is 4.79 Å². The van der Waals surface area contributed by atoms with E-state index in [9.17, 15) is 19.5 Å². The average Bonchev–Trinajstić information content (AvgIpc) is 2.45. The molecule has 0 bridgehead atoms. The molecule has 0 heterocycles. The number of hydrogen-bond donors (Lipinski definition) is 4. The zero-order valence-corrected chi connectivity index (χ0v) is 14.0. The summed E-state index contributed by atoms with van der Waals surface area (Å²) < 4.78 is 5.04. The van der Waals surface area contributed by atoms with E-state index in [4.69, 9.17) is 16.2 Å². The van der Waals surface area contributed by atoms with Gasteiger partial charge in [-0.1, -0.05) is 12.1 Å². The van der Waals surface area contributed by atoms with Crippen LogP contribution in [0.2, 0.25) is 0 Å². The summed E-state index contributed by atoms with van der Waals surface area (Å²) in [5, 5.41) is 11.8. The first-order chi connectivity index (χ1) is 11.0. The van der Waals surface area contributed by atoms with Gasteiger partial charge in [0, 0.05) is 6.42 Å². The van der Waals surface area contributed by atoms with Crippen LogP contribution in [0.25, 0.3) is 0 Å². The van der Waals surface area contributed by atoms with Crippen LogP contribution >= 0.6 is 0 Å². The van der Waals surface area contributed by atoms with Gasteiger partial charge in [-0.05, 0) is 39.3 Å². The van der Waals surface area contributed by atoms with E-state index in [1.54, 1.807) is 45.0 Å². The first-order valence-corrected chi connectivity index (χ1v) is 7.36. The normalized spacial score (nSPS) is 13.7. The Morgan fingerprint density at radius 2 is 1.79 bits per heavy atom. The van der Waals surface area contributed by atoms with Crippen molar-refractivity contribution in [1.82, 2.24) is 0 Å². The molecule has 1 amide bonds. The Labute approximate surface area is 140 Å². The summed E-state index contributed by atoms with van der Waals surface area (Å²) >= 11 is 0. The van der Waals surface area contributed by atoms with Crippen LogP contribution in [0.4, 0.5) is 11.4 Å². The Balaban J connectivity index is 2.76. The van der Waals surface area contributed by atoms with Gasteiger partial charge in [0.25, 0.3) is 0 Å². The lowest BCUT2D eigenvalue weighted by Crippen LogP contribution is -2.57. The fraction of sp³-hybridized carbons (Fsp3) is 0.438. The maximum Gasteiger partial charge on any atom is 0.338 e. The topological polar surface area (TPSA) is 145 Å². The number of anilines is 2. The molecule has 0 aliphatic carbocycles. The molecule has 6 N–H and O–H groups in total. The number of ether oxygens (including phenoxy) is 1. The number of rotatable bonds is 6. The number of hydrogen-bond acceptors (Lipinski definition) is 6. The molecular weight excluding hydrogens is 314 g/mol. The summed E-state index contributed by atoms with van der Waals surface area (Å²) in [5.74, 6) is -3.15. The van der Waals surface area contributed by atoms with Crippen molar-refractivity contribution in [1.29, 1.82) is 0 Å². The van der Waals surface area contributed by atoms with Crippen LogP contribution < -0.4 is 16.8 Å². The Bertz CT molecular complexity index is 639. The molecule has 1 atom stereocenters. The van der Waals surface area contributed by atoms with Gasteiger partial charge in [-0.2, -0.15) is 0 Å². The van der Waals surface area contributed by atoms with Gasteiger partial charge >= 0.3 is 11.9 Å². The number of carboxylic acids is 1. The molecule has 8 heteroatoms. The van der Waals surface area contributed by atoms with E-state index in [-0.39, 0.29) is 6.42 Å². The largest absolute Gasteiger partial charge is 0.479 e. The highest BCUT2D eigenvalue weighted by Crippen LogP contribution is 2.20. The van der Waals surface area contributed by atoms with Gasteiger partial charge in [0.1, 0.15) is 5.60 Å². The number of esters is 1. The molecule has 0 saturated heterocycles. The van der Waals surface area contributed by atoms with Crippen molar-refractivity contribution in [3.8, 4) is 0 Å². The number of nitrogen functional groups attached to an aromatic ring is 1. The van der Waals surface area contributed by atoms with Crippen LogP contribution in [0.1, 0.15) is 33.6 Å². The maximum atomic E-state index is 12.1. The second-order valence-electron chi connectivity index (χ2n) is 6.41. The molecule has 8 nitrogen and oxygen atoms in total. The van der Waals surface area contributed by atoms with Crippen LogP contribution in [-0.4, -0.2) is 34.1 Å². The first kappa shape index (κ1) is 19.4. The van der Waals surface area contributed by atoms with Gasteiger partial charge in [0.05, 0.1) is 11.4 Å². The molecule has 0 aliphatic heterocycles. The summed E-state index contributed by atoms with van der Waals surface area (Å²) in [6, 6.07) is 6.62. The second kappa shape index (κ2) is 7.31. The third-order valence-corrected chi connectivity index (χ3v) is 3.13. The minimum absolute atomic E-state index is 0.281. The monoisotopic (exact) mass is 337 g/mol. The number of carbonyl (C=O) groups excluding carboxylic acids is 2. The highest BCUT2D eigenvalue weighted by Gasteiger charge is 2.45. The SMILES string of the molecule is CC(C)(C)OC(=O)C(N)(CCC(=O)Nc1ccccc1N)C(=O)O. The zero-order chi connectivity index (χ0) is 18.5. The number of carbonyl (C=O) groups is 3. The predicted octanol–water partition coefficient (Wildman–Crippen LogP) is 1.11. The Morgan fingerprint density at radius 1 is 1.21 bits per heavy atom. The number of nitrogens with one attached hydrogen (secondary N) is 1. The standard InChI is InChI=1S/C16H23N3O5/c1-15(2,3)24-14(23)16(18,13(21)22)9-8-12(20)19-11-7-5-4-6-10(11)17/h4-7H,8-9,17-18H2,1-3H3,(H,19,20)(H,21,22). The fourth-order valence-corrected chi connectivity index (χ4v) is 1.80. The van der Waals surface area contributed by atoms with Gasteiger partial charge in [0.2, 0.25) is 11.4 Å². The molecule has 0 spiro atoms. The van der Waals surface area contributed by atoms with E-state index in [2.05, 4.69) is 5.32 Å². The second-order valence-corrected chi connectivity index (χ2v) is 6.41. The Hall–Kier alpha value is -2.61. The molecule has 0 saturated carbocycles. The molecule has 0 fully saturated rings. The van der Waals surface area contributed by atoms with Crippen LogP contribution in [0, 0.1) is 0 Å². The van der Waals surface area contributed by atoms with E-state index in [1.807, 2.05) is 0 Å². The van der Waals surface area contributed by atoms with Gasteiger partial charge in [0.15, 0.2) is 0 Å². The van der Waals surface area contributed by atoms with Crippen molar-refractivity contribution in [2.24, 2.45) is 5.73 Å². The van der Waals surface area contributed by atoms with Crippen molar-refractivity contribution in [3.63, 3.8) is 0 Å². The molecule has 0 aromatic heterocycles. The molecule has 1 aromatic rings. The molecule has 0 aliphatic rings. The van der Waals surface area contributed by atoms with E-state index in [0.717, 1.165) is 0 Å². The van der Waals surface area contributed by atoms with Crippen LogP contribution in [0.3, 0.4) is 0 Å². The lowest BCUT2D eigenvalue weighted by molar-refractivity contribution is -0.169. The first-order valence-electron chi connectivity index (χ1n) is 7.36. The third-order valence-electron chi connectivity index (χ3n) is 3.13. The number of amides is 1. The van der Waals surface area contributed by atoms with Crippen molar-refractivity contribution in [3.05, 3.63) is 24.3 Å². The third kappa shape index (κ3) is 5.24. The Kier molecular flexibility index (Phi) is 5.92. The van der Waals surface area contributed by atoms with E-state index in [0.29, 0.717) is 11.4 Å². The van der Waals surface area contributed by atoms with Gasteiger partial charge < -0.3 is 26.6 Å². The van der Waals surface area contributed by atoms with E-state index < -0.39 is 35.4 Å². The van der Waals surface area contributed by atoms with E-state index in [1.165, 1.54) is 0 Å². The Morgan fingerprint density at radius 3 is 2.29 bits per heavy atom. The molecule has 1 rings (SSSR count). The minimum Gasteiger partial charge on any atom is -0.479 e. The molecule has 1 aromatic carbocycles. The lowest BCUT2D eigenvalue weighted by Gasteiger charge is -2.28. The highest BCUT2D eigenvalue weighted by molar-refractivity contribution is 6.04. The molecule has 0 radical (unpaired) electrons. The van der Waals surface area contributed by atoms with Crippen LogP contribution in [0.5, 0.6) is 0 Å². The van der Waals surface area contributed by atoms with Crippen molar-refractivity contribution in [2.75, 3.05) is 11.1 Å². The molecule has 24 heavy (non-hydrogen) atoms. The van der Waals surface area contributed by atoms with Crippen molar-refractivity contribution in [2.45, 2.75) is 44.8 Å².